The summed E-state index contributed by atoms with van der Waals surface area (Å²) in [6.07, 6.45) is -9.26. The fourth-order valence-corrected chi connectivity index (χ4v) is 0.725. The number of aliphatic hydroxyl groups is 4. The van der Waals surface area contributed by atoms with Gasteiger partial charge in [-0.3, -0.25) is 4.79 Å². The van der Waals surface area contributed by atoms with Gasteiger partial charge in [-0.1, -0.05) is 0 Å². The Morgan fingerprint density at radius 1 is 1.00 bits per heavy atom. The lowest BCUT2D eigenvalue weighted by Gasteiger charge is -2.22. The predicted octanol–water partition coefficient (Wildman–Crippen LogP) is -2.94. The number of carboxylic acids is 1. The minimum absolute atomic E-state index is 1.57. The van der Waals surface area contributed by atoms with Gasteiger partial charge in [0.2, 0.25) is 0 Å². The van der Waals surface area contributed by atoms with Crippen LogP contribution in [0.1, 0.15) is 0 Å². The summed E-state index contributed by atoms with van der Waals surface area (Å²) in [7, 11) is 0. The summed E-state index contributed by atoms with van der Waals surface area (Å²) in [6, 6.07) is 0. The van der Waals surface area contributed by atoms with Gasteiger partial charge in [0.05, 0.1) is 0 Å². The Balaban J connectivity index is 4.56. The standard InChI is InChI=1S/C6H9N2O7/c7-8-5(13)3(11)1(9)2(10)4(12)6(14)15/h1-4,9-12H,(H,14,15)/q-1. The van der Waals surface area contributed by atoms with Crippen molar-refractivity contribution >= 4 is 11.9 Å². The molecule has 0 aromatic carbocycles. The zero-order chi connectivity index (χ0) is 12.2. The topological polar surface area (TPSA) is 170 Å². The lowest BCUT2D eigenvalue weighted by Crippen LogP contribution is -2.49. The van der Waals surface area contributed by atoms with E-state index in [1.54, 1.807) is 0 Å². The average Bonchev–Trinajstić information content (AvgIpc) is 2.23. The Kier molecular flexibility index (Phi) is 4.94. The maximum Gasteiger partial charge on any atom is 0.335 e. The highest BCUT2D eigenvalue weighted by Gasteiger charge is 2.36. The number of aliphatic hydroxyl groups excluding tert-OH is 4. The van der Waals surface area contributed by atoms with Gasteiger partial charge in [0.25, 0.3) is 5.91 Å². The molecule has 9 nitrogen and oxygen atoms in total. The van der Waals surface area contributed by atoms with Crippen molar-refractivity contribution in [2.45, 2.75) is 24.4 Å². The highest BCUT2D eigenvalue weighted by Crippen LogP contribution is 2.06. The van der Waals surface area contributed by atoms with Crippen LogP contribution in [0.2, 0.25) is 0 Å². The Bertz CT molecular complexity index is 268. The van der Waals surface area contributed by atoms with E-state index >= 15 is 0 Å². The van der Waals surface area contributed by atoms with Crippen LogP contribution < -0.4 is 0 Å². The number of carboxylic acid groups (broad SMARTS) is 1. The molecule has 0 aliphatic heterocycles. The van der Waals surface area contributed by atoms with E-state index in [2.05, 4.69) is 0 Å². The van der Waals surface area contributed by atoms with Crippen molar-refractivity contribution in [2.24, 2.45) is 5.11 Å². The minimum Gasteiger partial charge on any atom is -0.704 e. The monoisotopic (exact) mass is 221 g/mol. The second kappa shape index (κ2) is 5.46. The van der Waals surface area contributed by atoms with E-state index in [-0.39, 0.29) is 0 Å². The van der Waals surface area contributed by atoms with Crippen molar-refractivity contribution in [1.82, 2.24) is 0 Å². The molecule has 0 fully saturated rings. The lowest BCUT2D eigenvalue weighted by molar-refractivity contribution is -0.165. The van der Waals surface area contributed by atoms with Gasteiger partial charge in [0.15, 0.2) is 12.2 Å². The molecule has 4 atom stereocenters. The first-order valence-electron chi connectivity index (χ1n) is 3.67. The van der Waals surface area contributed by atoms with Crippen molar-refractivity contribution < 1.29 is 35.1 Å². The molecule has 1 amide bonds. The largest absolute Gasteiger partial charge is 0.704 e. The molecule has 0 rings (SSSR count). The fraction of sp³-hybridized carbons (Fsp3) is 0.667. The quantitative estimate of drug-likeness (QED) is 0.309. The number of aliphatic carboxylic acids is 1. The normalized spacial score (nSPS) is 18.7. The zero-order valence-electron chi connectivity index (χ0n) is 7.26. The van der Waals surface area contributed by atoms with Gasteiger partial charge in [0, 0.05) is 0 Å². The molecule has 0 bridgehead atoms. The highest BCUT2D eigenvalue weighted by atomic mass is 16.4. The van der Waals surface area contributed by atoms with Crippen LogP contribution in [0.4, 0.5) is 0 Å². The molecule has 0 spiro atoms. The van der Waals surface area contributed by atoms with Gasteiger partial charge >= 0.3 is 5.97 Å². The number of hydrogen-bond donors (Lipinski definition) is 5. The third-order valence-electron chi connectivity index (χ3n) is 1.60. The van der Waals surface area contributed by atoms with E-state index in [0.29, 0.717) is 0 Å². The van der Waals surface area contributed by atoms with Gasteiger partial charge in [-0.2, -0.15) is 0 Å². The Hall–Kier alpha value is -1.42. The number of carbonyl (C=O) groups is 2. The van der Waals surface area contributed by atoms with Crippen molar-refractivity contribution in [3.63, 3.8) is 0 Å². The summed E-state index contributed by atoms with van der Waals surface area (Å²) in [5.74, 6) is -3.42. The van der Waals surface area contributed by atoms with Crippen LogP contribution >= 0.6 is 0 Å². The smallest absolute Gasteiger partial charge is 0.335 e. The fourth-order valence-electron chi connectivity index (χ4n) is 0.725. The highest BCUT2D eigenvalue weighted by molar-refractivity contribution is 5.82. The molecule has 5 N–H and O–H groups in total. The first kappa shape index (κ1) is 13.6. The molecule has 0 saturated heterocycles. The van der Waals surface area contributed by atoms with Crippen molar-refractivity contribution in [1.29, 1.82) is 0 Å². The van der Waals surface area contributed by atoms with Crippen LogP contribution in [0.3, 0.4) is 0 Å². The molecule has 0 aromatic rings. The first-order chi connectivity index (χ1) is 6.82. The molecule has 0 radical (unpaired) electrons. The molecule has 15 heavy (non-hydrogen) atoms. The summed E-state index contributed by atoms with van der Waals surface area (Å²) in [6.45, 7) is 0. The molecule has 4 unspecified atom stereocenters. The van der Waals surface area contributed by atoms with Crippen LogP contribution in [0.15, 0.2) is 5.11 Å². The molecular weight excluding hydrogens is 212 g/mol. The number of nitrogens with zero attached hydrogens (tertiary/aromatic N) is 2. The SMILES string of the molecule is [N-]=NC(=O)C(O)C(O)C(O)C(O)C(=O)O. The van der Waals surface area contributed by atoms with E-state index in [1.807, 2.05) is 5.11 Å². The van der Waals surface area contributed by atoms with E-state index < -0.39 is 36.3 Å². The minimum atomic E-state index is -2.37. The van der Waals surface area contributed by atoms with E-state index in [1.165, 1.54) is 0 Å². The Morgan fingerprint density at radius 2 is 1.40 bits per heavy atom. The van der Waals surface area contributed by atoms with Crippen molar-refractivity contribution in [3.8, 4) is 0 Å². The molecule has 0 aromatic heterocycles. The average molecular weight is 221 g/mol. The van der Waals surface area contributed by atoms with Gasteiger partial charge in [-0.25, -0.2) is 4.79 Å². The van der Waals surface area contributed by atoms with Gasteiger partial charge in [-0.15, -0.1) is 0 Å². The summed E-state index contributed by atoms with van der Waals surface area (Å²) >= 11 is 0. The molecule has 0 aliphatic carbocycles. The van der Waals surface area contributed by atoms with Gasteiger partial charge < -0.3 is 36.2 Å². The second-order valence-corrected chi connectivity index (χ2v) is 2.65. The number of hydrogen-bond acceptors (Lipinski definition) is 6. The van der Waals surface area contributed by atoms with Crippen LogP contribution in [-0.4, -0.2) is 61.8 Å². The molecule has 0 saturated carbocycles. The molecule has 86 valence electrons. The molecule has 9 heteroatoms. The summed E-state index contributed by atoms with van der Waals surface area (Å²) in [5.41, 5.74) is 7.93. The van der Waals surface area contributed by atoms with E-state index in [9.17, 15) is 9.59 Å². The lowest BCUT2D eigenvalue weighted by atomic mass is 10.0. The predicted molar refractivity (Wildman–Crippen MR) is 42.5 cm³/mol. The van der Waals surface area contributed by atoms with Gasteiger partial charge in [0.1, 0.15) is 12.2 Å². The van der Waals surface area contributed by atoms with Gasteiger partial charge in [-0.05, 0) is 0 Å². The first-order valence-corrected chi connectivity index (χ1v) is 3.67. The second-order valence-electron chi connectivity index (χ2n) is 2.65. The van der Waals surface area contributed by atoms with E-state index in [4.69, 9.17) is 31.1 Å². The number of amides is 1. The summed E-state index contributed by atoms with van der Waals surface area (Å²) in [4.78, 5) is 20.6. The van der Waals surface area contributed by atoms with Crippen LogP contribution in [0.25, 0.3) is 5.53 Å². The Morgan fingerprint density at radius 3 is 1.73 bits per heavy atom. The zero-order valence-corrected chi connectivity index (χ0v) is 7.26. The summed E-state index contributed by atoms with van der Waals surface area (Å²) in [5, 5.41) is 45.8. The maximum atomic E-state index is 10.5. The third kappa shape index (κ3) is 3.32. The van der Waals surface area contributed by atoms with E-state index in [0.717, 1.165) is 0 Å². The van der Waals surface area contributed by atoms with Crippen molar-refractivity contribution in [2.75, 3.05) is 0 Å². The molecular formula is C6H9N2O7-. The molecule has 0 aliphatic rings. The van der Waals surface area contributed by atoms with Crippen molar-refractivity contribution in [3.05, 3.63) is 5.53 Å². The Labute approximate surface area is 83.1 Å². The number of carbonyl (C=O) groups excluding carboxylic acids is 1. The van der Waals surface area contributed by atoms with Crippen LogP contribution in [0, 0.1) is 0 Å². The number of rotatable bonds is 5. The van der Waals surface area contributed by atoms with Crippen LogP contribution in [-0.2, 0) is 9.59 Å². The summed E-state index contributed by atoms with van der Waals surface area (Å²) < 4.78 is 0. The third-order valence-corrected chi connectivity index (χ3v) is 1.60. The molecule has 0 heterocycles. The van der Waals surface area contributed by atoms with Crippen LogP contribution in [0.5, 0.6) is 0 Å². The maximum absolute atomic E-state index is 10.5.